The van der Waals surface area contributed by atoms with Crippen LogP contribution in [0.25, 0.3) is 0 Å². The molecule has 1 aliphatic heterocycles. The molecule has 1 heterocycles. The second kappa shape index (κ2) is 10.3. The maximum Gasteiger partial charge on any atom is 0.320 e. The van der Waals surface area contributed by atoms with Gasteiger partial charge in [-0.2, -0.15) is 0 Å². The molecule has 1 spiro atoms. The van der Waals surface area contributed by atoms with Crippen LogP contribution in [0.1, 0.15) is 43.2 Å². The van der Waals surface area contributed by atoms with Gasteiger partial charge in [0.25, 0.3) is 0 Å². The Labute approximate surface area is 209 Å². The molecular formula is C28H38N4O3. The third-order valence-corrected chi connectivity index (χ3v) is 8.11. The number of rotatable bonds is 8. The van der Waals surface area contributed by atoms with Gasteiger partial charge in [-0.1, -0.05) is 42.5 Å². The Balaban J connectivity index is 1.58. The topological polar surface area (TPSA) is 65.1 Å². The normalized spacial score (nSPS) is 24.3. The van der Waals surface area contributed by atoms with Crippen LogP contribution in [0, 0.1) is 0 Å². The molecule has 0 unspecified atom stereocenters. The van der Waals surface area contributed by atoms with E-state index < -0.39 is 0 Å². The molecule has 0 aromatic heterocycles. The summed E-state index contributed by atoms with van der Waals surface area (Å²) in [6, 6.07) is 18.6. The fraction of sp³-hybridized carbons (Fsp3) is 0.500. The SMILES string of the molecule is CNC(=O)CCN1C(=O)N(Cc2ccc(OC)cc2)C[C@]12CC[C@@](c1ccccc1)(N(C)C)CC2. The zero-order valence-electron chi connectivity index (χ0n) is 21.4. The smallest absolute Gasteiger partial charge is 0.320 e. The van der Waals surface area contributed by atoms with Crippen LogP contribution in [0.3, 0.4) is 0 Å². The van der Waals surface area contributed by atoms with Gasteiger partial charge in [0.2, 0.25) is 5.91 Å². The molecule has 3 amide bonds. The first-order chi connectivity index (χ1) is 16.8. The van der Waals surface area contributed by atoms with Crippen LogP contribution in [0.5, 0.6) is 5.75 Å². The van der Waals surface area contributed by atoms with Gasteiger partial charge in [0.15, 0.2) is 0 Å². The van der Waals surface area contributed by atoms with Crippen LogP contribution in [0.4, 0.5) is 4.79 Å². The van der Waals surface area contributed by atoms with Gasteiger partial charge in [-0.15, -0.1) is 0 Å². The van der Waals surface area contributed by atoms with Crippen molar-refractivity contribution in [2.45, 2.75) is 49.7 Å². The van der Waals surface area contributed by atoms with Crippen LogP contribution in [0.15, 0.2) is 54.6 Å². The van der Waals surface area contributed by atoms with E-state index in [1.807, 2.05) is 34.1 Å². The summed E-state index contributed by atoms with van der Waals surface area (Å²) in [5.74, 6) is 0.766. The minimum Gasteiger partial charge on any atom is -0.497 e. The van der Waals surface area contributed by atoms with E-state index in [1.165, 1.54) is 5.56 Å². The monoisotopic (exact) mass is 478 g/mol. The summed E-state index contributed by atoms with van der Waals surface area (Å²) in [6.07, 6.45) is 4.05. The lowest BCUT2D eigenvalue weighted by Gasteiger charge is -2.51. The first-order valence-electron chi connectivity index (χ1n) is 12.5. The third kappa shape index (κ3) is 4.87. The lowest BCUT2D eigenvalue weighted by Crippen LogP contribution is -2.55. The number of amides is 3. The molecule has 2 aromatic carbocycles. The van der Waals surface area contributed by atoms with E-state index in [9.17, 15) is 9.59 Å². The fourth-order valence-corrected chi connectivity index (χ4v) is 5.93. The molecule has 2 aromatic rings. The van der Waals surface area contributed by atoms with Crippen molar-refractivity contribution in [3.05, 3.63) is 65.7 Å². The van der Waals surface area contributed by atoms with E-state index >= 15 is 0 Å². The van der Waals surface area contributed by atoms with Crippen molar-refractivity contribution in [1.82, 2.24) is 20.0 Å². The zero-order chi connectivity index (χ0) is 25.1. The van der Waals surface area contributed by atoms with Crippen molar-refractivity contribution in [1.29, 1.82) is 0 Å². The number of methoxy groups -OCH3 is 1. The molecule has 7 nitrogen and oxygen atoms in total. The summed E-state index contributed by atoms with van der Waals surface area (Å²) < 4.78 is 5.28. The molecule has 35 heavy (non-hydrogen) atoms. The third-order valence-electron chi connectivity index (χ3n) is 8.11. The number of carbonyl (C=O) groups is 2. The van der Waals surface area contributed by atoms with E-state index in [4.69, 9.17) is 4.74 Å². The van der Waals surface area contributed by atoms with Crippen LogP contribution < -0.4 is 10.1 Å². The van der Waals surface area contributed by atoms with Gasteiger partial charge in [0, 0.05) is 38.6 Å². The number of benzene rings is 2. The van der Waals surface area contributed by atoms with Crippen LogP contribution >= 0.6 is 0 Å². The highest BCUT2D eigenvalue weighted by Gasteiger charge is 2.54. The Morgan fingerprint density at radius 3 is 2.26 bits per heavy atom. The number of carbonyl (C=O) groups excluding carboxylic acids is 2. The van der Waals surface area contributed by atoms with Gasteiger partial charge in [-0.05, 0) is 63.0 Å². The molecule has 2 fully saturated rings. The summed E-state index contributed by atoms with van der Waals surface area (Å²) in [4.78, 5) is 32.0. The van der Waals surface area contributed by atoms with Gasteiger partial charge in [0.05, 0.1) is 12.6 Å². The van der Waals surface area contributed by atoms with Crippen molar-refractivity contribution in [3.8, 4) is 5.75 Å². The number of nitrogens with one attached hydrogen (secondary N) is 1. The van der Waals surface area contributed by atoms with Gasteiger partial charge in [-0.3, -0.25) is 9.69 Å². The van der Waals surface area contributed by atoms with Gasteiger partial charge in [-0.25, -0.2) is 4.79 Å². The van der Waals surface area contributed by atoms with Gasteiger partial charge in [0.1, 0.15) is 5.75 Å². The van der Waals surface area contributed by atoms with Crippen LogP contribution in [-0.2, 0) is 16.9 Å². The van der Waals surface area contributed by atoms with Crippen LogP contribution in [0.2, 0.25) is 0 Å². The van der Waals surface area contributed by atoms with Crippen molar-refractivity contribution in [2.75, 3.05) is 41.3 Å². The standard InChI is InChI=1S/C28H38N4O3/c1-29-25(33)14-19-32-26(34)31(20-22-10-12-24(35-4)13-11-22)21-27(32)15-17-28(18-16-27,30(2)3)23-8-6-5-7-9-23/h5-13H,14-21H2,1-4H3,(H,29,33)/t27-,28-. The molecule has 1 N–H and O–H groups in total. The van der Waals surface area contributed by atoms with Crippen molar-refractivity contribution >= 4 is 11.9 Å². The molecule has 4 rings (SSSR count). The zero-order valence-corrected chi connectivity index (χ0v) is 21.4. The lowest BCUT2D eigenvalue weighted by atomic mass is 9.68. The number of ether oxygens (including phenoxy) is 1. The first kappa shape index (κ1) is 25.0. The minimum absolute atomic E-state index is 0.0294. The van der Waals surface area contributed by atoms with Crippen molar-refractivity contribution < 1.29 is 14.3 Å². The summed E-state index contributed by atoms with van der Waals surface area (Å²) in [6.45, 7) is 1.68. The predicted molar refractivity (Wildman–Crippen MR) is 137 cm³/mol. The average Bonchev–Trinajstić information content (AvgIpc) is 3.13. The number of hydrogen-bond acceptors (Lipinski definition) is 4. The van der Waals surface area contributed by atoms with E-state index in [0.29, 0.717) is 26.1 Å². The molecule has 0 bridgehead atoms. The molecule has 1 aliphatic carbocycles. The van der Waals surface area contributed by atoms with E-state index in [-0.39, 0.29) is 23.0 Å². The highest BCUT2D eigenvalue weighted by atomic mass is 16.5. The second-order valence-electron chi connectivity index (χ2n) is 10.1. The Hall–Kier alpha value is -3.06. The fourth-order valence-electron chi connectivity index (χ4n) is 5.93. The maximum atomic E-state index is 13.7. The Morgan fingerprint density at radius 1 is 1.03 bits per heavy atom. The Bertz CT molecular complexity index is 1010. The maximum absolute atomic E-state index is 13.7. The molecule has 0 radical (unpaired) electrons. The summed E-state index contributed by atoms with van der Waals surface area (Å²) in [7, 11) is 7.61. The predicted octanol–water partition coefficient (Wildman–Crippen LogP) is 3.84. The Kier molecular flexibility index (Phi) is 7.36. The Morgan fingerprint density at radius 2 is 1.69 bits per heavy atom. The number of hydrogen-bond donors (Lipinski definition) is 1. The summed E-state index contributed by atoms with van der Waals surface area (Å²) in [5, 5.41) is 2.70. The van der Waals surface area contributed by atoms with E-state index in [1.54, 1.807) is 14.2 Å². The van der Waals surface area contributed by atoms with Gasteiger partial charge >= 0.3 is 6.03 Å². The molecule has 188 valence electrons. The molecule has 0 atom stereocenters. The minimum atomic E-state index is -0.258. The molecule has 1 saturated carbocycles. The molecule has 2 aliphatic rings. The van der Waals surface area contributed by atoms with E-state index in [2.05, 4.69) is 54.6 Å². The summed E-state index contributed by atoms with van der Waals surface area (Å²) in [5.41, 5.74) is 2.10. The van der Waals surface area contributed by atoms with Gasteiger partial charge < -0.3 is 19.9 Å². The number of urea groups is 1. The molecule has 1 saturated heterocycles. The average molecular weight is 479 g/mol. The molecule has 7 heteroatoms. The lowest BCUT2D eigenvalue weighted by molar-refractivity contribution is -0.121. The summed E-state index contributed by atoms with van der Waals surface area (Å²) >= 11 is 0. The highest BCUT2D eigenvalue weighted by Crippen LogP contribution is 2.49. The van der Waals surface area contributed by atoms with Crippen LogP contribution in [-0.4, -0.2) is 73.5 Å². The highest BCUT2D eigenvalue weighted by molar-refractivity contribution is 5.80. The second-order valence-corrected chi connectivity index (χ2v) is 10.1. The quantitative estimate of drug-likeness (QED) is 0.626. The van der Waals surface area contributed by atoms with Crippen molar-refractivity contribution in [2.24, 2.45) is 0 Å². The molecular weight excluding hydrogens is 440 g/mol. The number of nitrogens with zero attached hydrogens (tertiary/aromatic N) is 3. The van der Waals surface area contributed by atoms with Crippen molar-refractivity contribution in [3.63, 3.8) is 0 Å². The largest absolute Gasteiger partial charge is 0.497 e. The van der Waals surface area contributed by atoms with E-state index in [0.717, 1.165) is 37.0 Å². The first-order valence-corrected chi connectivity index (χ1v) is 12.5.